The van der Waals surface area contributed by atoms with Gasteiger partial charge in [0.25, 0.3) is 0 Å². The third-order valence-corrected chi connectivity index (χ3v) is 2.15. The van der Waals surface area contributed by atoms with Gasteiger partial charge in [-0.3, -0.25) is 4.99 Å². The summed E-state index contributed by atoms with van der Waals surface area (Å²) in [5.41, 5.74) is 0. The van der Waals surface area contributed by atoms with Crippen molar-refractivity contribution >= 4 is 6.21 Å². The lowest BCUT2D eigenvalue weighted by atomic mass is 9.99. The summed E-state index contributed by atoms with van der Waals surface area (Å²) in [6.07, 6.45) is 4.26. The fourth-order valence-electron chi connectivity index (χ4n) is 1.49. The van der Waals surface area contributed by atoms with Gasteiger partial charge in [-0.2, -0.15) is 10.2 Å². The Labute approximate surface area is 60.3 Å². The van der Waals surface area contributed by atoms with Crippen molar-refractivity contribution < 1.29 is 0 Å². The molecule has 0 amide bonds. The Kier molecular flexibility index (Phi) is 1.49. The van der Waals surface area contributed by atoms with Gasteiger partial charge in [0.1, 0.15) is 0 Å². The van der Waals surface area contributed by atoms with Crippen molar-refractivity contribution in [3.63, 3.8) is 0 Å². The molecule has 54 valence electrons. The summed E-state index contributed by atoms with van der Waals surface area (Å²) < 4.78 is 0. The van der Waals surface area contributed by atoms with Gasteiger partial charge in [0.05, 0.1) is 12.6 Å². The Morgan fingerprint density at radius 3 is 3.30 bits per heavy atom. The van der Waals surface area contributed by atoms with E-state index in [2.05, 4.69) is 15.2 Å². The molecule has 3 nitrogen and oxygen atoms in total. The highest BCUT2D eigenvalue weighted by Gasteiger charge is 2.25. The minimum absolute atomic E-state index is 0.488. The highest BCUT2D eigenvalue weighted by molar-refractivity contribution is 5.57. The molecule has 0 aromatic heterocycles. The standard InChI is InChI=1S/C7H11N3/c1-2-7-6(4-8-3-1)5-9-10-7/h3,6-7H,1-2,4-5H2. The number of aliphatic imine (C=N–C) groups is 1. The monoisotopic (exact) mass is 137 g/mol. The Bertz CT molecular complexity index is 174. The molecule has 3 heteroatoms. The number of fused-ring (bicyclic) bond motifs is 1. The lowest BCUT2D eigenvalue weighted by Crippen LogP contribution is -2.17. The van der Waals surface area contributed by atoms with Gasteiger partial charge < -0.3 is 0 Å². The Morgan fingerprint density at radius 2 is 2.30 bits per heavy atom. The van der Waals surface area contributed by atoms with Crippen LogP contribution in [0.5, 0.6) is 0 Å². The van der Waals surface area contributed by atoms with Crippen LogP contribution in [0.2, 0.25) is 0 Å². The molecule has 0 saturated heterocycles. The predicted molar refractivity (Wildman–Crippen MR) is 39.6 cm³/mol. The summed E-state index contributed by atoms with van der Waals surface area (Å²) in [5, 5.41) is 8.18. The normalized spacial score (nSPS) is 37.6. The van der Waals surface area contributed by atoms with Crippen molar-refractivity contribution in [3.8, 4) is 0 Å². The molecule has 0 bridgehead atoms. The smallest absolute Gasteiger partial charge is 0.0776 e. The molecule has 0 saturated carbocycles. The van der Waals surface area contributed by atoms with Gasteiger partial charge in [0.2, 0.25) is 0 Å². The highest BCUT2D eigenvalue weighted by Crippen LogP contribution is 2.22. The average Bonchev–Trinajstić information content (AvgIpc) is 2.28. The molecule has 0 fully saturated rings. The number of nitrogens with zero attached hydrogens (tertiary/aromatic N) is 3. The van der Waals surface area contributed by atoms with Crippen LogP contribution in [0.3, 0.4) is 0 Å². The minimum atomic E-state index is 0.488. The molecule has 0 spiro atoms. The van der Waals surface area contributed by atoms with Crippen molar-refractivity contribution in [1.29, 1.82) is 0 Å². The first kappa shape index (κ1) is 6.01. The summed E-state index contributed by atoms with van der Waals surface area (Å²) in [6, 6.07) is 0.488. The van der Waals surface area contributed by atoms with Gasteiger partial charge in [-0.05, 0) is 19.1 Å². The van der Waals surface area contributed by atoms with E-state index in [0.29, 0.717) is 12.0 Å². The van der Waals surface area contributed by atoms with Crippen LogP contribution >= 0.6 is 0 Å². The quantitative estimate of drug-likeness (QED) is 0.482. The fourth-order valence-corrected chi connectivity index (χ4v) is 1.49. The average molecular weight is 137 g/mol. The van der Waals surface area contributed by atoms with Crippen LogP contribution in [0.4, 0.5) is 0 Å². The van der Waals surface area contributed by atoms with Crippen LogP contribution < -0.4 is 0 Å². The fraction of sp³-hybridized carbons (Fsp3) is 0.857. The van der Waals surface area contributed by atoms with E-state index >= 15 is 0 Å². The van der Waals surface area contributed by atoms with Gasteiger partial charge in [-0.1, -0.05) is 0 Å². The molecule has 2 atom stereocenters. The highest BCUT2D eigenvalue weighted by atomic mass is 15.2. The molecule has 2 aliphatic heterocycles. The molecule has 0 N–H and O–H groups in total. The van der Waals surface area contributed by atoms with Crippen LogP contribution in [0, 0.1) is 5.92 Å². The Hall–Kier alpha value is -0.730. The van der Waals surface area contributed by atoms with Crippen LogP contribution in [0.1, 0.15) is 12.8 Å². The zero-order valence-electron chi connectivity index (χ0n) is 5.90. The molecule has 2 rings (SSSR count). The third-order valence-electron chi connectivity index (χ3n) is 2.15. The van der Waals surface area contributed by atoms with E-state index in [4.69, 9.17) is 0 Å². The number of hydrogen-bond donors (Lipinski definition) is 0. The van der Waals surface area contributed by atoms with Crippen molar-refractivity contribution in [3.05, 3.63) is 0 Å². The van der Waals surface area contributed by atoms with Crippen LogP contribution in [0.25, 0.3) is 0 Å². The van der Waals surface area contributed by atoms with Crippen LogP contribution in [-0.4, -0.2) is 25.3 Å². The summed E-state index contributed by atoms with van der Waals surface area (Å²) in [6.45, 7) is 1.85. The molecule has 10 heavy (non-hydrogen) atoms. The first-order valence-electron chi connectivity index (χ1n) is 3.82. The van der Waals surface area contributed by atoms with E-state index in [-0.39, 0.29) is 0 Å². The zero-order chi connectivity index (χ0) is 6.81. The Balaban J connectivity index is 2.06. The van der Waals surface area contributed by atoms with Crippen molar-refractivity contribution in [2.24, 2.45) is 21.1 Å². The van der Waals surface area contributed by atoms with Gasteiger partial charge >= 0.3 is 0 Å². The first-order valence-corrected chi connectivity index (χ1v) is 3.82. The summed E-state index contributed by atoms with van der Waals surface area (Å²) in [7, 11) is 0. The molecule has 0 aromatic rings. The van der Waals surface area contributed by atoms with E-state index in [1.807, 2.05) is 6.21 Å². The van der Waals surface area contributed by atoms with E-state index in [1.165, 1.54) is 0 Å². The van der Waals surface area contributed by atoms with E-state index in [0.717, 1.165) is 25.9 Å². The number of azo groups is 1. The Morgan fingerprint density at radius 1 is 1.30 bits per heavy atom. The maximum Gasteiger partial charge on any atom is 0.0776 e. The van der Waals surface area contributed by atoms with Crippen LogP contribution in [0.15, 0.2) is 15.2 Å². The van der Waals surface area contributed by atoms with Crippen molar-refractivity contribution in [2.45, 2.75) is 18.9 Å². The summed E-state index contributed by atoms with van der Waals surface area (Å²) in [4.78, 5) is 4.27. The summed E-state index contributed by atoms with van der Waals surface area (Å²) in [5.74, 6) is 0.624. The second-order valence-electron chi connectivity index (χ2n) is 2.89. The first-order chi connectivity index (χ1) is 4.97. The van der Waals surface area contributed by atoms with E-state index < -0.39 is 0 Å². The van der Waals surface area contributed by atoms with E-state index in [9.17, 15) is 0 Å². The molecule has 0 radical (unpaired) electrons. The van der Waals surface area contributed by atoms with Crippen molar-refractivity contribution in [1.82, 2.24) is 0 Å². The van der Waals surface area contributed by atoms with Crippen molar-refractivity contribution in [2.75, 3.05) is 13.1 Å². The lowest BCUT2D eigenvalue weighted by molar-refractivity contribution is 0.484. The predicted octanol–water partition coefficient (Wildman–Crippen LogP) is 1.30. The van der Waals surface area contributed by atoms with Gasteiger partial charge in [-0.25, -0.2) is 0 Å². The maximum atomic E-state index is 4.27. The zero-order valence-corrected chi connectivity index (χ0v) is 5.90. The van der Waals surface area contributed by atoms with E-state index in [1.54, 1.807) is 0 Å². The second kappa shape index (κ2) is 2.48. The molecule has 0 aromatic carbocycles. The van der Waals surface area contributed by atoms with Gasteiger partial charge in [0, 0.05) is 12.5 Å². The second-order valence-corrected chi connectivity index (χ2v) is 2.89. The molecule has 2 unspecified atom stereocenters. The number of hydrogen-bond acceptors (Lipinski definition) is 3. The summed E-state index contributed by atoms with van der Waals surface area (Å²) >= 11 is 0. The SMILES string of the molecule is C1=NCC2CN=NC2CC1. The lowest BCUT2D eigenvalue weighted by Gasteiger charge is -2.08. The molecule has 0 aliphatic carbocycles. The molecule has 2 aliphatic rings. The van der Waals surface area contributed by atoms with Crippen LogP contribution in [-0.2, 0) is 0 Å². The molecule has 2 heterocycles. The minimum Gasteiger partial charge on any atom is -0.297 e. The van der Waals surface area contributed by atoms with Gasteiger partial charge in [0.15, 0.2) is 0 Å². The third kappa shape index (κ3) is 0.958. The molecular weight excluding hydrogens is 126 g/mol. The topological polar surface area (TPSA) is 37.1 Å². The molecular formula is C7H11N3. The maximum absolute atomic E-state index is 4.27. The largest absolute Gasteiger partial charge is 0.297 e. The number of rotatable bonds is 0. The van der Waals surface area contributed by atoms with Gasteiger partial charge in [-0.15, -0.1) is 0 Å².